The van der Waals surface area contributed by atoms with Crippen LogP contribution < -0.4 is 19.7 Å². The first kappa shape index (κ1) is 23.1. The van der Waals surface area contributed by atoms with Crippen molar-refractivity contribution in [3.05, 3.63) is 59.4 Å². The normalized spacial score (nSPS) is 14.1. The zero-order chi connectivity index (χ0) is 23.4. The molecule has 11 heteroatoms. The molecule has 1 fully saturated rings. The van der Waals surface area contributed by atoms with Crippen LogP contribution in [0.25, 0.3) is 0 Å². The third kappa shape index (κ3) is 5.65. The van der Waals surface area contributed by atoms with Crippen LogP contribution in [0.1, 0.15) is 5.82 Å². The fourth-order valence-corrected chi connectivity index (χ4v) is 4.90. The van der Waals surface area contributed by atoms with Gasteiger partial charge < -0.3 is 19.7 Å². The molecule has 0 spiro atoms. The highest BCUT2D eigenvalue weighted by atomic mass is 35.5. The summed E-state index contributed by atoms with van der Waals surface area (Å²) >= 11 is 5.98. The third-order valence-corrected chi connectivity index (χ3v) is 6.62. The van der Waals surface area contributed by atoms with E-state index in [0.29, 0.717) is 35.6 Å². The molecule has 174 valence electrons. The highest BCUT2D eigenvalue weighted by Gasteiger charge is 2.20. The van der Waals surface area contributed by atoms with Gasteiger partial charge in [-0.3, -0.25) is 4.72 Å². The topological polar surface area (TPSA) is 106 Å². The van der Waals surface area contributed by atoms with Gasteiger partial charge in [-0.2, -0.15) is 0 Å². The molecular formula is C22H24ClN5O4S. The predicted molar refractivity (Wildman–Crippen MR) is 128 cm³/mol. The lowest BCUT2D eigenvalue weighted by Gasteiger charge is -2.28. The van der Waals surface area contributed by atoms with Gasteiger partial charge in [-0.1, -0.05) is 11.6 Å². The van der Waals surface area contributed by atoms with Crippen LogP contribution >= 0.6 is 11.6 Å². The van der Waals surface area contributed by atoms with Crippen molar-refractivity contribution in [3.8, 4) is 5.75 Å². The summed E-state index contributed by atoms with van der Waals surface area (Å²) in [5.74, 6) is 2.36. The van der Waals surface area contributed by atoms with Gasteiger partial charge in [-0.05, 0) is 49.4 Å². The summed E-state index contributed by atoms with van der Waals surface area (Å²) in [5, 5.41) is 3.55. The maximum absolute atomic E-state index is 12.8. The lowest BCUT2D eigenvalue weighted by molar-refractivity contribution is 0.122. The van der Waals surface area contributed by atoms with E-state index >= 15 is 0 Å². The quantitative estimate of drug-likeness (QED) is 0.516. The number of benzene rings is 2. The minimum atomic E-state index is -3.89. The zero-order valence-electron chi connectivity index (χ0n) is 18.2. The molecule has 1 aliphatic rings. The number of ether oxygens (including phenoxy) is 2. The molecular weight excluding hydrogens is 466 g/mol. The summed E-state index contributed by atoms with van der Waals surface area (Å²) in [6.07, 6.45) is 0. The number of methoxy groups -OCH3 is 1. The molecule has 4 rings (SSSR count). The van der Waals surface area contributed by atoms with E-state index < -0.39 is 10.0 Å². The number of sulfonamides is 1. The number of rotatable bonds is 7. The van der Waals surface area contributed by atoms with Crippen LogP contribution in [0, 0.1) is 6.92 Å². The van der Waals surface area contributed by atoms with Crippen molar-refractivity contribution in [2.75, 3.05) is 48.4 Å². The summed E-state index contributed by atoms with van der Waals surface area (Å²) in [6.45, 7) is 4.75. The smallest absolute Gasteiger partial charge is 0.265 e. The van der Waals surface area contributed by atoms with Gasteiger partial charge in [0, 0.05) is 35.6 Å². The van der Waals surface area contributed by atoms with Gasteiger partial charge in [-0.25, -0.2) is 18.4 Å². The van der Waals surface area contributed by atoms with Crippen molar-refractivity contribution >= 4 is 44.6 Å². The van der Waals surface area contributed by atoms with Gasteiger partial charge in [0.05, 0.1) is 20.3 Å². The molecule has 0 bridgehead atoms. The van der Waals surface area contributed by atoms with Crippen molar-refractivity contribution in [2.45, 2.75) is 11.8 Å². The second-order valence-electron chi connectivity index (χ2n) is 7.36. The number of nitrogens with zero attached hydrogens (tertiary/aromatic N) is 3. The molecule has 0 amide bonds. The number of anilines is 4. The minimum Gasteiger partial charge on any atom is -0.495 e. The first-order valence-electron chi connectivity index (χ1n) is 10.3. The molecule has 2 heterocycles. The largest absolute Gasteiger partial charge is 0.495 e. The third-order valence-electron chi connectivity index (χ3n) is 4.98. The molecule has 0 saturated carbocycles. The van der Waals surface area contributed by atoms with Gasteiger partial charge in [0.1, 0.15) is 28.1 Å². The number of halogens is 1. The molecule has 1 saturated heterocycles. The standard InChI is InChI=1S/C22H24ClN5O4S/c1-15-24-21(14-22(25-15)28-9-11-32-12-10-28)26-17-4-6-18(7-5-17)27-33(29,30)20-13-16(23)3-8-19(20)31-2/h3-8,13-14,27H,9-12H2,1-2H3,(H,24,25,26). The maximum atomic E-state index is 12.8. The monoisotopic (exact) mass is 489 g/mol. The molecule has 9 nitrogen and oxygen atoms in total. The van der Waals surface area contributed by atoms with Crippen LogP contribution in [0.2, 0.25) is 5.02 Å². The van der Waals surface area contributed by atoms with Crippen molar-refractivity contribution in [2.24, 2.45) is 0 Å². The fraction of sp³-hybridized carbons (Fsp3) is 0.273. The molecule has 0 unspecified atom stereocenters. The lowest BCUT2D eigenvalue weighted by Crippen LogP contribution is -2.36. The van der Waals surface area contributed by atoms with Crippen molar-refractivity contribution in [3.63, 3.8) is 0 Å². The second-order valence-corrected chi connectivity index (χ2v) is 9.45. The first-order valence-corrected chi connectivity index (χ1v) is 12.1. The number of aromatic nitrogens is 2. The van der Waals surface area contributed by atoms with Crippen LogP contribution in [0.3, 0.4) is 0 Å². The van der Waals surface area contributed by atoms with Gasteiger partial charge in [-0.15, -0.1) is 0 Å². The van der Waals surface area contributed by atoms with Crippen molar-refractivity contribution in [1.82, 2.24) is 9.97 Å². The van der Waals surface area contributed by atoms with E-state index in [1.807, 2.05) is 13.0 Å². The Bertz CT molecular complexity index is 1230. The van der Waals surface area contributed by atoms with E-state index in [4.69, 9.17) is 21.1 Å². The molecule has 0 radical (unpaired) electrons. The van der Waals surface area contributed by atoms with Crippen LogP contribution in [0.15, 0.2) is 53.4 Å². The Kier molecular flexibility index (Phi) is 6.87. The number of hydrogen-bond acceptors (Lipinski definition) is 8. The molecule has 1 aliphatic heterocycles. The average molecular weight is 490 g/mol. The van der Waals surface area contributed by atoms with E-state index in [9.17, 15) is 8.42 Å². The Hall–Kier alpha value is -3.08. The molecule has 2 aromatic carbocycles. The van der Waals surface area contributed by atoms with Crippen LogP contribution in [0.4, 0.5) is 23.0 Å². The maximum Gasteiger partial charge on any atom is 0.265 e. The summed E-state index contributed by atoms with van der Waals surface area (Å²) < 4.78 is 38.8. The number of nitrogens with one attached hydrogen (secondary N) is 2. The molecule has 2 N–H and O–H groups in total. The highest BCUT2D eigenvalue weighted by Crippen LogP contribution is 2.29. The van der Waals surface area contributed by atoms with Crippen LogP contribution in [-0.4, -0.2) is 51.8 Å². The van der Waals surface area contributed by atoms with Crippen LogP contribution in [-0.2, 0) is 14.8 Å². The number of morpholine rings is 1. The van der Waals surface area contributed by atoms with Gasteiger partial charge in [0.25, 0.3) is 10.0 Å². The highest BCUT2D eigenvalue weighted by molar-refractivity contribution is 7.92. The Morgan fingerprint density at radius 3 is 2.42 bits per heavy atom. The molecule has 1 aromatic heterocycles. The van der Waals surface area contributed by atoms with Gasteiger partial charge in [0.2, 0.25) is 0 Å². The van der Waals surface area contributed by atoms with E-state index in [2.05, 4.69) is 24.9 Å². The first-order chi connectivity index (χ1) is 15.8. The minimum absolute atomic E-state index is 0.0354. The van der Waals surface area contributed by atoms with E-state index in [1.54, 1.807) is 30.3 Å². The Labute approximate surface area is 197 Å². The Balaban J connectivity index is 1.49. The van der Waals surface area contributed by atoms with Crippen molar-refractivity contribution in [1.29, 1.82) is 0 Å². The fourth-order valence-electron chi connectivity index (χ4n) is 3.41. The van der Waals surface area contributed by atoms with Crippen molar-refractivity contribution < 1.29 is 17.9 Å². The Morgan fingerprint density at radius 1 is 1.03 bits per heavy atom. The lowest BCUT2D eigenvalue weighted by atomic mass is 10.3. The SMILES string of the molecule is COc1ccc(Cl)cc1S(=O)(=O)Nc1ccc(Nc2cc(N3CCOCC3)nc(C)n2)cc1. The molecule has 33 heavy (non-hydrogen) atoms. The molecule has 0 atom stereocenters. The van der Waals surface area contributed by atoms with E-state index in [-0.39, 0.29) is 10.6 Å². The average Bonchev–Trinajstić information content (AvgIpc) is 2.80. The summed E-state index contributed by atoms with van der Waals surface area (Å²) in [6, 6.07) is 13.2. The zero-order valence-corrected chi connectivity index (χ0v) is 19.8. The van der Waals surface area contributed by atoms with Crippen LogP contribution in [0.5, 0.6) is 5.75 Å². The van der Waals surface area contributed by atoms with Gasteiger partial charge in [0.15, 0.2) is 0 Å². The summed E-state index contributed by atoms with van der Waals surface area (Å²) in [5.41, 5.74) is 1.15. The summed E-state index contributed by atoms with van der Waals surface area (Å²) in [4.78, 5) is 11.1. The Morgan fingerprint density at radius 2 is 1.73 bits per heavy atom. The van der Waals surface area contributed by atoms with E-state index in [1.165, 1.54) is 19.2 Å². The van der Waals surface area contributed by atoms with E-state index in [0.717, 1.165) is 24.6 Å². The predicted octanol–water partition coefficient (Wildman–Crippen LogP) is 3.83. The second kappa shape index (κ2) is 9.82. The van der Waals surface area contributed by atoms with Gasteiger partial charge >= 0.3 is 0 Å². The molecule has 3 aromatic rings. The number of aryl methyl sites for hydroxylation is 1. The number of hydrogen-bond donors (Lipinski definition) is 2. The molecule has 0 aliphatic carbocycles. The summed E-state index contributed by atoms with van der Waals surface area (Å²) in [7, 11) is -2.49.